The van der Waals surface area contributed by atoms with Crippen LogP contribution < -0.4 is 51.4 Å². The standard InChI is InChI=1S/C3H7ClO4S.K.H2O/c4-2-1-3(5)9(6,7)8;;/h3,5H,1-2H2,(H,6,7,8);;1H2/q;+1;/p-1. The van der Waals surface area contributed by atoms with Crippen molar-refractivity contribution in [2.45, 2.75) is 11.9 Å². The van der Waals surface area contributed by atoms with Crippen LogP contribution in [0.5, 0.6) is 0 Å². The first kappa shape index (κ1) is 18.5. The minimum Gasteiger partial charge on any atom is -0.746 e. The van der Waals surface area contributed by atoms with Crippen molar-refractivity contribution in [3.05, 3.63) is 0 Å². The van der Waals surface area contributed by atoms with Crippen molar-refractivity contribution >= 4 is 21.7 Å². The first-order valence-electron chi connectivity index (χ1n) is 2.17. The van der Waals surface area contributed by atoms with Crippen molar-refractivity contribution in [1.82, 2.24) is 0 Å². The molecule has 0 rings (SSSR count). The zero-order valence-corrected chi connectivity index (χ0v) is 10.6. The van der Waals surface area contributed by atoms with Gasteiger partial charge in [-0.15, -0.1) is 11.6 Å². The Labute approximate surface area is 113 Å². The van der Waals surface area contributed by atoms with Gasteiger partial charge in [0.15, 0.2) is 0 Å². The summed E-state index contributed by atoms with van der Waals surface area (Å²) < 4.78 is 29.6. The number of hydrogen-bond donors (Lipinski definition) is 1. The Morgan fingerprint density at radius 3 is 2.00 bits per heavy atom. The van der Waals surface area contributed by atoms with Gasteiger partial charge < -0.3 is 15.1 Å². The van der Waals surface area contributed by atoms with Crippen LogP contribution in [0.1, 0.15) is 6.42 Å². The third-order valence-corrected chi connectivity index (χ3v) is 1.81. The van der Waals surface area contributed by atoms with E-state index in [0.717, 1.165) is 0 Å². The average Bonchev–Trinajstić information content (AvgIpc) is 1.64. The Balaban J connectivity index is -0.000000320. The van der Waals surface area contributed by atoms with Gasteiger partial charge in [0.05, 0.1) is 0 Å². The van der Waals surface area contributed by atoms with Crippen LogP contribution in [-0.4, -0.2) is 34.9 Å². The van der Waals surface area contributed by atoms with E-state index in [4.69, 9.17) is 16.7 Å². The number of halogens is 1. The van der Waals surface area contributed by atoms with Gasteiger partial charge in [0.25, 0.3) is 0 Å². The molecule has 0 aliphatic heterocycles. The molecule has 1 atom stereocenters. The number of aliphatic hydroxyl groups excluding tert-OH is 1. The van der Waals surface area contributed by atoms with E-state index in [0.29, 0.717) is 0 Å². The van der Waals surface area contributed by atoms with Gasteiger partial charge in [-0.2, -0.15) is 0 Å². The van der Waals surface area contributed by atoms with Crippen LogP contribution in [0.25, 0.3) is 0 Å². The maximum absolute atomic E-state index is 9.86. The topological polar surface area (TPSA) is 109 Å². The Morgan fingerprint density at radius 1 is 1.55 bits per heavy atom. The van der Waals surface area contributed by atoms with Crippen LogP contribution >= 0.6 is 11.6 Å². The predicted molar refractivity (Wildman–Crippen MR) is 34.7 cm³/mol. The molecule has 0 bridgehead atoms. The van der Waals surface area contributed by atoms with Gasteiger partial charge >= 0.3 is 51.4 Å². The maximum Gasteiger partial charge on any atom is 1.00 e. The molecule has 0 aromatic heterocycles. The molecule has 0 fully saturated rings. The molecule has 0 heterocycles. The van der Waals surface area contributed by atoms with Gasteiger partial charge in [0.2, 0.25) is 0 Å². The molecule has 8 heteroatoms. The van der Waals surface area contributed by atoms with Crippen molar-refractivity contribution in [1.29, 1.82) is 0 Å². The van der Waals surface area contributed by atoms with E-state index < -0.39 is 15.6 Å². The second kappa shape index (κ2) is 8.36. The summed E-state index contributed by atoms with van der Waals surface area (Å²) in [5.74, 6) is -0.0391. The molecule has 0 saturated heterocycles. The molecule has 5 nitrogen and oxygen atoms in total. The van der Waals surface area contributed by atoms with E-state index in [1.54, 1.807) is 0 Å². The molecule has 0 amide bonds. The fourth-order valence-corrected chi connectivity index (χ4v) is 0.980. The van der Waals surface area contributed by atoms with E-state index in [1.807, 2.05) is 0 Å². The second-order valence-corrected chi connectivity index (χ2v) is 3.33. The summed E-state index contributed by atoms with van der Waals surface area (Å²) >= 11 is 5.04. The smallest absolute Gasteiger partial charge is 0.746 e. The van der Waals surface area contributed by atoms with Gasteiger partial charge in [-0.05, 0) is 0 Å². The van der Waals surface area contributed by atoms with E-state index in [-0.39, 0.29) is 69.2 Å². The van der Waals surface area contributed by atoms with Gasteiger partial charge in [-0.1, -0.05) is 0 Å². The van der Waals surface area contributed by atoms with E-state index in [9.17, 15) is 13.0 Å². The molecular formula is C3H8ClKO5S. The van der Waals surface area contributed by atoms with E-state index in [1.165, 1.54) is 0 Å². The minimum absolute atomic E-state index is 0. The maximum atomic E-state index is 9.86. The molecular weight excluding hydrogens is 223 g/mol. The zero-order chi connectivity index (χ0) is 7.49. The number of alkyl halides is 1. The van der Waals surface area contributed by atoms with Crippen molar-refractivity contribution in [2.75, 3.05) is 5.88 Å². The summed E-state index contributed by atoms with van der Waals surface area (Å²) in [5, 5.41) is 8.40. The minimum atomic E-state index is -4.54. The summed E-state index contributed by atoms with van der Waals surface area (Å²) in [6.07, 6.45) is -0.215. The molecule has 0 radical (unpaired) electrons. The molecule has 1 unspecified atom stereocenters. The summed E-state index contributed by atoms with van der Waals surface area (Å²) in [6.45, 7) is 0. The van der Waals surface area contributed by atoms with Gasteiger partial charge in [0, 0.05) is 12.3 Å². The summed E-state index contributed by atoms with van der Waals surface area (Å²) in [7, 11) is -4.54. The molecule has 0 aromatic carbocycles. The molecule has 0 aliphatic carbocycles. The van der Waals surface area contributed by atoms with Crippen LogP contribution in [0.2, 0.25) is 0 Å². The number of aliphatic hydroxyl groups is 1. The molecule has 0 aliphatic rings. The average molecular weight is 231 g/mol. The van der Waals surface area contributed by atoms with Crippen molar-refractivity contribution in [2.24, 2.45) is 0 Å². The first-order valence-corrected chi connectivity index (χ1v) is 4.18. The Hall–Kier alpha value is 1.76. The predicted octanol–water partition coefficient (Wildman–Crippen LogP) is -4.34. The van der Waals surface area contributed by atoms with E-state index in [2.05, 4.69) is 0 Å². The number of rotatable bonds is 3. The molecule has 0 saturated carbocycles. The Morgan fingerprint density at radius 2 is 1.91 bits per heavy atom. The third-order valence-electron chi connectivity index (χ3n) is 0.689. The zero-order valence-electron chi connectivity index (χ0n) is 5.95. The molecule has 64 valence electrons. The number of hydrogen-bond acceptors (Lipinski definition) is 4. The van der Waals surface area contributed by atoms with E-state index >= 15 is 0 Å². The van der Waals surface area contributed by atoms with Crippen molar-refractivity contribution in [3.63, 3.8) is 0 Å². The van der Waals surface area contributed by atoms with Crippen LogP contribution in [0.15, 0.2) is 0 Å². The SMILES string of the molecule is O.O=S(=O)([O-])C(O)CCCl.[K+]. The largest absolute Gasteiger partial charge is 1.00 e. The van der Waals surface area contributed by atoms with Crippen LogP contribution in [0.4, 0.5) is 0 Å². The normalized spacial score (nSPS) is 12.6. The summed E-state index contributed by atoms with van der Waals surface area (Å²) in [5.41, 5.74) is -1.85. The Bertz CT molecular complexity index is 169. The van der Waals surface area contributed by atoms with Crippen molar-refractivity contribution < 1.29 is 74.9 Å². The molecule has 11 heavy (non-hydrogen) atoms. The van der Waals surface area contributed by atoms with Gasteiger partial charge in [-0.25, -0.2) is 8.42 Å². The van der Waals surface area contributed by atoms with Crippen molar-refractivity contribution in [3.8, 4) is 0 Å². The fourth-order valence-electron chi connectivity index (χ4n) is 0.238. The Kier molecular flexibility index (Phi) is 14.1. The molecule has 3 N–H and O–H groups in total. The fraction of sp³-hybridized carbons (Fsp3) is 1.00. The van der Waals surface area contributed by atoms with Crippen LogP contribution in [-0.2, 0) is 10.1 Å². The molecule has 0 aromatic rings. The third kappa shape index (κ3) is 9.67. The van der Waals surface area contributed by atoms with Crippen LogP contribution in [0, 0.1) is 0 Å². The van der Waals surface area contributed by atoms with Gasteiger partial charge in [0.1, 0.15) is 15.6 Å². The van der Waals surface area contributed by atoms with Gasteiger partial charge in [-0.3, -0.25) is 0 Å². The summed E-state index contributed by atoms with van der Waals surface area (Å²) in [4.78, 5) is 0. The summed E-state index contributed by atoms with van der Waals surface area (Å²) in [6, 6.07) is 0. The monoisotopic (exact) mass is 230 g/mol. The molecule has 0 spiro atoms. The second-order valence-electron chi connectivity index (χ2n) is 1.43. The first-order chi connectivity index (χ1) is 3.98. The quantitative estimate of drug-likeness (QED) is 0.300. The van der Waals surface area contributed by atoms with Crippen LogP contribution in [0.3, 0.4) is 0 Å².